The summed E-state index contributed by atoms with van der Waals surface area (Å²) >= 11 is 0. The van der Waals surface area contributed by atoms with Gasteiger partial charge >= 0.3 is 0 Å². The van der Waals surface area contributed by atoms with Crippen LogP contribution in [0.3, 0.4) is 0 Å². The van der Waals surface area contributed by atoms with E-state index in [4.69, 9.17) is 4.99 Å². The van der Waals surface area contributed by atoms with Gasteiger partial charge in [0.15, 0.2) is 0 Å². The lowest BCUT2D eigenvalue weighted by Crippen LogP contribution is -2.11. The van der Waals surface area contributed by atoms with Crippen molar-refractivity contribution in [3.8, 4) is 22.4 Å². The number of hydrogen-bond donors (Lipinski definition) is 0. The Bertz CT molecular complexity index is 2270. The normalized spacial score (nSPS) is 14.8. The quantitative estimate of drug-likeness (QED) is 0.133. The maximum Gasteiger partial charge on any atom is 0.0769 e. The molecule has 2 nitrogen and oxygen atoms in total. The van der Waals surface area contributed by atoms with Gasteiger partial charge in [0.05, 0.1) is 17.1 Å². The second-order valence-electron chi connectivity index (χ2n) is 20.5. The smallest absolute Gasteiger partial charge is 0.0769 e. The van der Waals surface area contributed by atoms with Gasteiger partial charge in [0.25, 0.3) is 0 Å². The average Bonchev–Trinajstić information content (AvgIpc) is 3.74. The van der Waals surface area contributed by atoms with E-state index in [0.29, 0.717) is 0 Å². The topological polar surface area (TPSA) is 17.3 Å². The third-order valence-corrected chi connectivity index (χ3v) is 11.8. The third kappa shape index (κ3) is 9.22. The van der Waals surface area contributed by atoms with E-state index in [1.54, 1.807) is 0 Å². The first-order valence-corrected chi connectivity index (χ1v) is 21.3. The Morgan fingerprint density at radius 2 is 0.912 bits per heavy atom. The van der Waals surface area contributed by atoms with Gasteiger partial charge in [0.2, 0.25) is 0 Å². The largest absolute Gasteiger partial charge is 0.343 e. The molecule has 2 heterocycles. The number of aromatic nitrogens is 1. The highest BCUT2D eigenvalue weighted by Gasteiger charge is 2.28. The molecule has 57 heavy (non-hydrogen) atoms. The lowest BCUT2D eigenvalue weighted by Gasteiger charge is -2.21. The minimum atomic E-state index is 0.0744. The van der Waals surface area contributed by atoms with Crippen LogP contribution >= 0.6 is 0 Å². The zero-order valence-electron chi connectivity index (χ0n) is 37.6. The number of allylic oxidation sites excluding steroid dienone is 3. The molecule has 0 radical (unpaired) electrons. The Labute approximate surface area is 345 Å². The molecular formula is C55H68N2. The third-order valence-electron chi connectivity index (χ3n) is 11.8. The van der Waals surface area contributed by atoms with E-state index in [1.165, 1.54) is 73.5 Å². The van der Waals surface area contributed by atoms with Crippen LogP contribution in [0.1, 0.15) is 155 Å². The SMILES string of the molecule is CCCCC/C(=C1/N=C(c2ccc(C(C)(C)C)cc2)C=C1c1ccc(C(C)(C)C)cc1)c1c(-c2ccc(C(C)(C)C)cc2)cc(-c2ccc(C(C)(C)C)cc2)n1C. The molecule has 0 aliphatic carbocycles. The van der Waals surface area contributed by atoms with Crippen molar-refractivity contribution in [1.29, 1.82) is 0 Å². The van der Waals surface area contributed by atoms with E-state index in [-0.39, 0.29) is 21.7 Å². The molecule has 1 aliphatic rings. The van der Waals surface area contributed by atoms with E-state index >= 15 is 0 Å². The van der Waals surface area contributed by atoms with Gasteiger partial charge in [-0.3, -0.25) is 0 Å². The number of rotatable bonds is 9. The van der Waals surface area contributed by atoms with Crippen LogP contribution < -0.4 is 0 Å². The van der Waals surface area contributed by atoms with E-state index in [2.05, 4.69) is 211 Å². The lowest BCUT2D eigenvalue weighted by molar-refractivity contribution is 0.590. The number of aliphatic imine (C=N–C) groups is 1. The minimum absolute atomic E-state index is 0.0744. The standard InChI is InChI=1S/C55H68N2/c1-15-16-17-18-45(50-46(37-19-27-41(28-20-37)52(2,3)4)35-48(56-50)39-23-31-43(32-24-39)54(8,9)10)51-47(38-21-29-42(30-22-38)53(5,6)7)36-49(57(51)14)40-25-33-44(34-26-40)55(11,12)13/h19-36H,15-18H2,1-14H3/b50-45-. The molecule has 0 atom stereocenters. The molecule has 0 N–H and O–H groups in total. The van der Waals surface area contributed by atoms with Gasteiger partial charge in [0, 0.05) is 35.0 Å². The molecule has 0 bridgehead atoms. The Hall–Kier alpha value is -4.69. The van der Waals surface area contributed by atoms with Gasteiger partial charge in [-0.25, -0.2) is 4.99 Å². The van der Waals surface area contributed by atoms with E-state index in [9.17, 15) is 0 Å². The molecule has 5 aromatic rings. The molecule has 0 fully saturated rings. The van der Waals surface area contributed by atoms with Crippen molar-refractivity contribution >= 4 is 16.9 Å². The number of benzene rings is 4. The van der Waals surface area contributed by atoms with E-state index < -0.39 is 0 Å². The van der Waals surface area contributed by atoms with Crippen molar-refractivity contribution in [3.63, 3.8) is 0 Å². The molecule has 1 aliphatic heterocycles. The predicted molar refractivity (Wildman–Crippen MR) is 250 cm³/mol. The van der Waals surface area contributed by atoms with Gasteiger partial charge < -0.3 is 4.57 Å². The first-order chi connectivity index (χ1) is 26.7. The summed E-state index contributed by atoms with van der Waals surface area (Å²) in [5, 5.41) is 0. The molecule has 0 unspecified atom stereocenters. The zero-order valence-corrected chi connectivity index (χ0v) is 37.6. The van der Waals surface area contributed by atoms with Gasteiger partial charge in [-0.05, 0) is 85.6 Å². The predicted octanol–water partition coefficient (Wildman–Crippen LogP) is 15.4. The summed E-state index contributed by atoms with van der Waals surface area (Å²) in [7, 11) is 2.27. The second-order valence-corrected chi connectivity index (χ2v) is 20.5. The fraction of sp³-hybridized carbons (Fsp3) is 0.400. The van der Waals surface area contributed by atoms with Crippen molar-refractivity contribution in [2.75, 3.05) is 0 Å². The molecule has 0 saturated carbocycles. The summed E-state index contributed by atoms with van der Waals surface area (Å²) < 4.78 is 2.46. The molecule has 0 saturated heterocycles. The van der Waals surface area contributed by atoms with Crippen molar-refractivity contribution in [1.82, 2.24) is 4.57 Å². The lowest BCUT2D eigenvalue weighted by atomic mass is 9.85. The van der Waals surface area contributed by atoms with Crippen molar-refractivity contribution in [2.45, 2.75) is 137 Å². The van der Waals surface area contributed by atoms with Crippen LogP contribution in [-0.4, -0.2) is 10.3 Å². The molecule has 4 aromatic carbocycles. The molecular weight excluding hydrogens is 689 g/mol. The molecule has 298 valence electrons. The van der Waals surface area contributed by atoms with Crippen LogP contribution in [0.4, 0.5) is 0 Å². The van der Waals surface area contributed by atoms with Crippen LogP contribution in [0.2, 0.25) is 0 Å². The summed E-state index contributed by atoms with van der Waals surface area (Å²) in [5.74, 6) is 0. The van der Waals surface area contributed by atoms with Crippen LogP contribution in [0.25, 0.3) is 33.5 Å². The number of unbranched alkanes of at least 4 members (excludes halogenated alkanes) is 2. The maximum atomic E-state index is 5.67. The van der Waals surface area contributed by atoms with Gasteiger partial charge in [-0.1, -0.05) is 200 Å². The van der Waals surface area contributed by atoms with Gasteiger partial charge in [-0.15, -0.1) is 0 Å². The van der Waals surface area contributed by atoms with E-state index in [1.807, 2.05) is 0 Å². The molecule has 0 amide bonds. The van der Waals surface area contributed by atoms with Crippen molar-refractivity contribution < 1.29 is 0 Å². The fourth-order valence-electron chi connectivity index (χ4n) is 7.96. The monoisotopic (exact) mass is 757 g/mol. The van der Waals surface area contributed by atoms with E-state index in [0.717, 1.165) is 36.2 Å². The van der Waals surface area contributed by atoms with Gasteiger partial charge in [0.1, 0.15) is 0 Å². The highest BCUT2D eigenvalue weighted by Crippen LogP contribution is 2.45. The highest BCUT2D eigenvalue weighted by atomic mass is 15.0. The van der Waals surface area contributed by atoms with Crippen LogP contribution in [0, 0.1) is 0 Å². The minimum Gasteiger partial charge on any atom is -0.343 e. The first kappa shape index (κ1) is 41.9. The molecule has 6 rings (SSSR count). The first-order valence-electron chi connectivity index (χ1n) is 21.3. The van der Waals surface area contributed by atoms with Crippen LogP contribution in [0.5, 0.6) is 0 Å². The Morgan fingerprint density at radius 1 is 0.509 bits per heavy atom. The van der Waals surface area contributed by atoms with Crippen molar-refractivity contribution in [2.24, 2.45) is 12.0 Å². The number of hydrogen-bond acceptors (Lipinski definition) is 1. The Kier molecular flexibility index (Phi) is 11.7. The van der Waals surface area contributed by atoms with Crippen LogP contribution in [0.15, 0.2) is 120 Å². The van der Waals surface area contributed by atoms with Crippen LogP contribution in [-0.2, 0) is 28.7 Å². The zero-order chi connectivity index (χ0) is 41.5. The molecule has 1 aromatic heterocycles. The maximum absolute atomic E-state index is 5.67. The summed E-state index contributed by atoms with van der Waals surface area (Å²) in [6.07, 6.45) is 6.71. The fourth-order valence-corrected chi connectivity index (χ4v) is 7.96. The Morgan fingerprint density at radius 3 is 1.33 bits per heavy atom. The highest BCUT2D eigenvalue weighted by molar-refractivity contribution is 6.19. The summed E-state index contributed by atoms with van der Waals surface area (Å²) in [5.41, 5.74) is 18.9. The Balaban J connectivity index is 1.64. The second kappa shape index (κ2) is 15.9. The summed E-state index contributed by atoms with van der Waals surface area (Å²) in [6.45, 7) is 29.7. The van der Waals surface area contributed by atoms with Crippen molar-refractivity contribution in [3.05, 3.63) is 154 Å². The molecule has 2 heteroatoms. The molecule has 0 spiro atoms. The van der Waals surface area contributed by atoms with Gasteiger partial charge in [-0.2, -0.15) is 0 Å². The number of nitrogens with zero attached hydrogens (tertiary/aromatic N) is 2. The summed E-state index contributed by atoms with van der Waals surface area (Å²) in [6, 6.07) is 39.3. The average molecular weight is 757 g/mol. The summed E-state index contributed by atoms with van der Waals surface area (Å²) in [4.78, 5) is 5.67.